The molecule has 1 aliphatic heterocycles. The van der Waals surface area contributed by atoms with Crippen LogP contribution in [-0.4, -0.2) is 29.2 Å². The van der Waals surface area contributed by atoms with Crippen molar-refractivity contribution in [2.24, 2.45) is 5.92 Å². The molecule has 1 aromatic carbocycles. The molecule has 78 valence electrons. The van der Waals surface area contributed by atoms with Crippen molar-refractivity contribution in [2.45, 2.75) is 0 Å². The number of rotatable bonds is 2. The maximum atomic E-state index is 8.98. The summed E-state index contributed by atoms with van der Waals surface area (Å²) in [5.74, 6) is 0.450. The molecule has 0 unspecified atom stereocenters. The van der Waals surface area contributed by atoms with E-state index in [-0.39, 0.29) is 0 Å². The van der Waals surface area contributed by atoms with E-state index in [1.807, 2.05) is 18.2 Å². The van der Waals surface area contributed by atoms with Crippen LogP contribution >= 0.6 is 11.5 Å². The molecule has 4 heteroatoms. The number of fused-ring (bicyclic) bond motifs is 1. The summed E-state index contributed by atoms with van der Waals surface area (Å²) in [6.07, 6.45) is 0. The molecular formula is C11H12N2OS. The minimum Gasteiger partial charge on any atom is -0.396 e. The molecule has 1 fully saturated rings. The van der Waals surface area contributed by atoms with Gasteiger partial charge in [0.1, 0.15) is 5.00 Å². The number of benzene rings is 1. The second-order valence-electron chi connectivity index (χ2n) is 3.96. The second kappa shape index (κ2) is 3.47. The fourth-order valence-corrected chi connectivity index (χ4v) is 2.83. The number of aliphatic hydroxyl groups is 1. The first-order valence-corrected chi connectivity index (χ1v) is 5.86. The first-order valence-electron chi connectivity index (χ1n) is 5.08. The molecule has 0 spiro atoms. The molecule has 0 amide bonds. The highest BCUT2D eigenvalue weighted by Gasteiger charge is 2.28. The van der Waals surface area contributed by atoms with Crippen LogP contribution in [0.5, 0.6) is 0 Å². The van der Waals surface area contributed by atoms with Gasteiger partial charge in [-0.3, -0.25) is 0 Å². The van der Waals surface area contributed by atoms with Crippen molar-refractivity contribution in [3.63, 3.8) is 0 Å². The molecule has 0 aliphatic carbocycles. The van der Waals surface area contributed by atoms with Crippen LogP contribution in [0.3, 0.4) is 0 Å². The molecular weight excluding hydrogens is 208 g/mol. The van der Waals surface area contributed by atoms with Gasteiger partial charge in [-0.25, -0.2) is 0 Å². The Hall–Kier alpha value is -1.13. The van der Waals surface area contributed by atoms with Crippen LogP contribution in [0.15, 0.2) is 24.3 Å². The molecule has 1 saturated heterocycles. The predicted molar refractivity (Wildman–Crippen MR) is 62.4 cm³/mol. The minimum absolute atomic E-state index is 0.299. The average molecular weight is 220 g/mol. The number of aliphatic hydroxyl groups excluding tert-OH is 1. The molecule has 1 N–H and O–H groups in total. The number of hydrogen-bond donors (Lipinski definition) is 1. The Morgan fingerprint density at radius 2 is 2.20 bits per heavy atom. The third-order valence-corrected chi connectivity index (χ3v) is 3.81. The van der Waals surface area contributed by atoms with Gasteiger partial charge in [-0.2, -0.15) is 4.37 Å². The Kier molecular flexibility index (Phi) is 2.11. The molecule has 0 saturated carbocycles. The number of anilines is 1. The second-order valence-corrected chi connectivity index (χ2v) is 4.71. The van der Waals surface area contributed by atoms with Gasteiger partial charge in [-0.1, -0.05) is 12.1 Å². The van der Waals surface area contributed by atoms with E-state index in [0.29, 0.717) is 12.5 Å². The fraction of sp³-hybridized carbons (Fsp3) is 0.364. The van der Waals surface area contributed by atoms with Gasteiger partial charge in [0, 0.05) is 31.0 Å². The smallest absolute Gasteiger partial charge is 0.119 e. The van der Waals surface area contributed by atoms with Crippen molar-refractivity contribution in [2.75, 3.05) is 24.6 Å². The molecule has 15 heavy (non-hydrogen) atoms. The van der Waals surface area contributed by atoms with E-state index in [9.17, 15) is 0 Å². The monoisotopic (exact) mass is 220 g/mol. The van der Waals surface area contributed by atoms with Gasteiger partial charge in [0.05, 0.1) is 5.52 Å². The van der Waals surface area contributed by atoms with E-state index >= 15 is 0 Å². The zero-order valence-electron chi connectivity index (χ0n) is 8.26. The number of nitrogens with zero attached hydrogens (tertiary/aromatic N) is 2. The van der Waals surface area contributed by atoms with Gasteiger partial charge >= 0.3 is 0 Å². The van der Waals surface area contributed by atoms with E-state index in [1.165, 1.54) is 10.4 Å². The zero-order chi connectivity index (χ0) is 10.3. The Morgan fingerprint density at radius 1 is 1.40 bits per heavy atom. The van der Waals surface area contributed by atoms with Crippen molar-refractivity contribution >= 4 is 27.4 Å². The van der Waals surface area contributed by atoms with Crippen molar-refractivity contribution in [3.05, 3.63) is 24.3 Å². The van der Waals surface area contributed by atoms with Crippen LogP contribution in [0, 0.1) is 5.92 Å². The summed E-state index contributed by atoms with van der Waals surface area (Å²) in [5.41, 5.74) is 1.07. The van der Waals surface area contributed by atoms with E-state index in [1.54, 1.807) is 11.5 Å². The molecule has 2 aromatic rings. The molecule has 3 rings (SSSR count). The maximum absolute atomic E-state index is 8.98. The third-order valence-electron chi connectivity index (χ3n) is 2.87. The van der Waals surface area contributed by atoms with Gasteiger partial charge < -0.3 is 10.0 Å². The summed E-state index contributed by atoms with van der Waals surface area (Å²) in [7, 11) is 0. The van der Waals surface area contributed by atoms with Gasteiger partial charge in [-0.05, 0) is 23.7 Å². The fourth-order valence-electron chi connectivity index (χ4n) is 1.95. The van der Waals surface area contributed by atoms with Crippen LogP contribution in [0.4, 0.5) is 5.00 Å². The van der Waals surface area contributed by atoms with Gasteiger partial charge in [0.25, 0.3) is 0 Å². The van der Waals surface area contributed by atoms with Crippen LogP contribution in [0.1, 0.15) is 0 Å². The van der Waals surface area contributed by atoms with Crippen molar-refractivity contribution in [3.8, 4) is 0 Å². The molecule has 2 heterocycles. The number of hydrogen-bond acceptors (Lipinski definition) is 4. The molecule has 3 nitrogen and oxygen atoms in total. The summed E-state index contributed by atoms with van der Waals surface area (Å²) in [6.45, 7) is 2.22. The summed E-state index contributed by atoms with van der Waals surface area (Å²) >= 11 is 1.55. The molecule has 1 aromatic heterocycles. The van der Waals surface area contributed by atoms with Crippen molar-refractivity contribution < 1.29 is 5.11 Å². The Morgan fingerprint density at radius 3 is 3.00 bits per heavy atom. The minimum atomic E-state index is 0.299. The first kappa shape index (κ1) is 9.12. The van der Waals surface area contributed by atoms with E-state index in [2.05, 4.69) is 15.3 Å². The number of aromatic nitrogens is 1. The SMILES string of the molecule is OCC1CN(c2snc3ccccc23)C1. The lowest BCUT2D eigenvalue weighted by atomic mass is 10.0. The molecule has 0 bridgehead atoms. The highest BCUT2D eigenvalue weighted by atomic mass is 32.1. The standard InChI is InChI=1S/C11H12N2OS/c14-7-8-5-13(6-8)11-9-3-1-2-4-10(9)12-15-11/h1-4,8,14H,5-7H2. The summed E-state index contributed by atoms with van der Waals surface area (Å²) in [4.78, 5) is 2.29. The summed E-state index contributed by atoms with van der Waals surface area (Å²) in [6, 6.07) is 8.21. The average Bonchev–Trinajstić information content (AvgIpc) is 2.61. The zero-order valence-corrected chi connectivity index (χ0v) is 9.07. The van der Waals surface area contributed by atoms with Gasteiger partial charge in [-0.15, -0.1) is 0 Å². The Bertz CT molecular complexity index is 476. The highest BCUT2D eigenvalue weighted by molar-refractivity contribution is 7.11. The van der Waals surface area contributed by atoms with E-state index in [0.717, 1.165) is 18.6 Å². The quantitative estimate of drug-likeness (QED) is 0.837. The molecule has 0 radical (unpaired) electrons. The Balaban J connectivity index is 1.92. The van der Waals surface area contributed by atoms with E-state index in [4.69, 9.17) is 5.11 Å². The highest BCUT2D eigenvalue weighted by Crippen LogP contribution is 2.35. The lowest BCUT2D eigenvalue weighted by Gasteiger charge is -2.38. The van der Waals surface area contributed by atoms with Crippen molar-refractivity contribution in [1.82, 2.24) is 4.37 Å². The van der Waals surface area contributed by atoms with Crippen LogP contribution in [-0.2, 0) is 0 Å². The summed E-state index contributed by atoms with van der Waals surface area (Å²) in [5, 5.41) is 11.5. The van der Waals surface area contributed by atoms with Gasteiger partial charge in [0.2, 0.25) is 0 Å². The lowest BCUT2D eigenvalue weighted by Crippen LogP contribution is -2.48. The van der Waals surface area contributed by atoms with Crippen LogP contribution in [0.2, 0.25) is 0 Å². The molecule has 0 atom stereocenters. The summed E-state index contributed by atoms with van der Waals surface area (Å²) < 4.78 is 4.41. The van der Waals surface area contributed by atoms with E-state index < -0.39 is 0 Å². The van der Waals surface area contributed by atoms with Crippen molar-refractivity contribution in [1.29, 1.82) is 0 Å². The van der Waals surface area contributed by atoms with Crippen LogP contribution in [0.25, 0.3) is 10.9 Å². The topological polar surface area (TPSA) is 36.4 Å². The maximum Gasteiger partial charge on any atom is 0.119 e. The molecule has 1 aliphatic rings. The first-order chi connectivity index (χ1) is 7.38. The lowest BCUT2D eigenvalue weighted by molar-refractivity contribution is 0.201. The van der Waals surface area contributed by atoms with Gasteiger partial charge in [0.15, 0.2) is 0 Å². The predicted octanol–water partition coefficient (Wildman–Crippen LogP) is 1.72. The van der Waals surface area contributed by atoms with Crippen LogP contribution < -0.4 is 4.90 Å². The Labute approximate surface area is 92.1 Å². The third kappa shape index (κ3) is 1.41. The normalized spacial score (nSPS) is 17.0. The largest absolute Gasteiger partial charge is 0.396 e.